The molecule has 30 heavy (non-hydrogen) atoms. The number of hydrogen-bond donors (Lipinski definition) is 0. The Balaban J connectivity index is 2.09. The standard InChI is InChI=1S/C30H26/c1-19-15-25-26(16-20(19)2)30(24-13-9-6-10-14-24)28-18-22(4)21(3)17-27(28)29(25)23-11-7-5-8-12-23/h5-18H,1-4H3. The van der Waals surface area contributed by atoms with E-state index in [2.05, 4.69) is 113 Å². The van der Waals surface area contributed by atoms with E-state index in [-0.39, 0.29) is 0 Å². The molecule has 5 aromatic rings. The van der Waals surface area contributed by atoms with Crippen molar-refractivity contribution >= 4 is 21.5 Å². The fourth-order valence-corrected chi connectivity index (χ4v) is 4.58. The summed E-state index contributed by atoms with van der Waals surface area (Å²) in [6.07, 6.45) is 0. The van der Waals surface area contributed by atoms with Crippen molar-refractivity contribution in [3.8, 4) is 22.3 Å². The molecule has 0 heteroatoms. The lowest BCUT2D eigenvalue weighted by Gasteiger charge is -2.20. The van der Waals surface area contributed by atoms with E-state index in [1.165, 1.54) is 66.1 Å². The Labute approximate surface area is 178 Å². The van der Waals surface area contributed by atoms with Gasteiger partial charge >= 0.3 is 0 Å². The molecule has 0 amide bonds. The van der Waals surface area contributed by atoms with Gasteiger partial charge in [0.25, 0.3) is 0 Å². The second kappa shape index (κ2) is 7.15. The largest absolute Gasteiger partial charge is 0.0622 e. The van der Waals surface area contributed by atoms with Crippen molar-refractivity contribution in [2.45, 2.75) is 27.7 Å². The van der Waals surface area contributed by atoms with Crippen LogP contribution >= 0.6 is 0 Å². The third kappa shape index (κ3) is 2.92. The van der Waals surface area contributed by atoms with Gasteiger partial charge in [-0.1, -0.05) is 84.9 Å². The molecule has 0 aliphatic heterocycles. The van der Waals surface area contributed by atoms with Crippen LogP contribution in [0.15, 0.2) is 84.9 Å². The normalized spacial score (nSPS) is 11.3. The summed E-state index contributed by atoms with van der Waals surface area (Å²) in [7, 11) is 0. The van der Waals surface area contributed by atoms with Crippen molar-refractivity contribution in [2.24, 2.45) is 0 Å². The third-order valence-corrected chi connectivity index (χ3v) is 6.47. The first kappa shape index (κ1) is 18.6. The average molecular weight is 387 g/mol. The fourth-order valence-electron chi connectivity index (χ4n) is 4.58. The van der Waals surface area contributed by atoms with Crippen LogP contribution in [-0.2, 0) is 0 Å². The third-order valence-electron chi connectivity index (χ3n) is 6.47. The molecule has 0 N–H and O–H groups in total. The maximum atomic E-state index is 2.38. The minimum Gasteiger partial charge on any atom is -0.0622 e. The zero-order chi connectivity index (χ0) is 20.8. The van der Waals surface area contributed by atoms with Gasteiger partial charge in [0.1, 0.15) is 0 Å². The minimum absolute atomic E-state index is 1.28. The Kier molecular flexibility index (Phi) is 4.44. The van der Waals surface area contributed by atoms with Gasteiger partial charge in [-0.25, -0.2) is 0 Å². The monoisotopic (exact) mass is 386 g/mol. The molecule has 0 saturated carbocycles. The van der Waals surface area contributed by atoms with Crippen LogP contribution in [0.1, 0.15) is 22.3 Å². The molecule has 0 aliphatic carbocycles. The summed E-state index contributed by atoms with van der Waals surface area (Å²) >= 11 is 0. The topological polar surface area (TPSA) is 0 Å². The van der Waals surface area contributed by atoms with E-state index in [1.54, 1.807) is 0 Å². The molecule has 5 rings (SSSR count). The van der Waals surface area contributed by atoms with E-state index in [0.717, 1.165) is 0 Å². The number of aryl methyl sites for hydroxylation is 4. The zero-order valence-electron chi connectivity index (χ0n) is 18.1. The fraction of sp³-hybridized carbons (Fsp3) is 0.133. The molecule has 0 unspecified atom stereocenters. The van der Waals surface area contributed by atoms with Crippen LogP contribution in [0.4, 0.5) is 0 Å². The van der Waals surface area contributed by atoms with Crippen LogP contribution in [0, 0.1) is 27.7 Å². The molecule has 0 aliphatic rings. The lowest BCUT2D eigenvalue weighted by Crippen LogP contribution is -1.94. The molecule has 0 atom stereocenters. The first-order valence-corrected chi connectivity index (χ1v) is 10.6. The first-order valence-electron chi connectivity index (χ1n) is 10.6. The van der Waals surface area contributed by atoms with E-state index < -0.39 is 0 Å². The second-order valence-corrected chi connectivity index (χ2v) is 8.45. The quantitative estimate of drug-likeness (QED) is 0.267. The first-order chi connectivity index (χ1) is 14.5. The molecule has 5 aromatic carbocycles. The van der Waals surface area contributed by atoms with Gasteiger partial charge in [0.15, 0.2) is 0 Å². The van der Waals surface area contributed by atoms with Gasteiger partial charge in [-0.05, 0) is 93.7 Å². The van der Waals surface area contributed by atoms with Crippen LogP contribution in [-0.4, -0.2) is 0 Å². The van der Waals surface area contributed by atoms with Crippen molar-refractivity contribution in [3.63, 3.8) is 0 Å². The zero-order valence-corrected chi connectivity index (χ0v) is 18.1. The predicted molar refractivity (Wildman–Crippen MR) is 131 cm³/mol. The van der Waals surface area contributed by atoms with Gasteiger partial charge in [-0.15, -0.1) is 0 Å². The van der Waals surface area contributed by atoms with Crippen molar-refractivity contribution in [1.29, 1.82) is 0 Å². The number of benzene rings is 5. The maximum absolute atomic E-state index is 2.38. The lowest BCUT2D eigenvalue weighted by molar-refractivity contribution is 1.36. The molecule has 0 bridgehead atoms. The summed E-state index contributed by atoms with van der Waals surface area (Å²) in [5.74, 6) is 0. The summed E-state index contributed by atoms with van der Waals surface area (Å²) in [5.41, 5.74) is 10.6. The van der Waals surface area contributed by atoms with E-state index in [1.807, 2.05) is 0 Å². The second-order valence-electron chi connectivity index (χ2n) is 8.45. The summed E-state index contributed by atoms with van der Waals surface area (Å²) < 4.78 is 0. The van der Waals surface area contributed by atoms with Crippen molar-refractivity contribution < 1.29 is 0 Å². The number of rotatable bonds is 2. The molecule has 0 saturated heterocycles. The Morgan fingerprint density at radius 2 is 0.633 bits per heavy atom. The van der Waals surface area contributed by atoms with Crippen LogP contribution in [0.5, 0.6) is 0 Å². The summed E-state index contributed by atoms with van der Waals surface area (Å²) in [5, 5.41) is 5.33. The van der Waals surface area contributed by atoms with E-state index in [0.29, 0.717) is 0 Å². The van der Waals surface area contributed by atoms with Crippen LogP contribution < -0.4 is 0 Å². The Hall–Kier alpha value is -3.38. The molecule has 0 fully saturated rings. The Bertz CT molecular complexity index is 1210. The Morgan fingerprint density at radius 3 is 0.900 bits per heavy atom. The highest BCUT2D eigenvalue weighted by atomic mass is 14.2. The molecular weight excluding hydrogens is 360 g/mol. The van der Waals surface area contributed by atoms with E-state index in [9.17, 15) is 0 Å². The van der Waals surface area contributed by atoms with Gasteiger partial charge < -0.3 is 0 Å². The van der Waals surface area contributed by atoms with Gasteiger partial charge in [0.05, 0.1) is 0 Å². The summed E-state index contributed by atoms with van der Waals surface area (Å²) in [4.78, 5) is 0. The van der Waals surface area contributed by atoms with Gasteiger partial charge in [0.2, 0.25) is 0 Å². The highest BCUT2D eigenvalue weighted by Crippen LogP contribution is 2.45. The van der Waals surface area contributed by atoms with Gasteiger partial charge in [0, 0.05) is 0 Å². The maximum Gasteiger partial charge on any atom is -0.00262 e. The number of fused-ring (bicyclic) bond motifs is 2. The van der Waals surface area contributed by atoms with Crippen LogP contribution in [0.2, 0.25) is 0 Å². The predicted octanol–water partition coefficient (Wildman–Crippen LogP) is 8.56. The van der Waals surface area contributed by atoms with Gasteiger partial charge in [-0.3, -0.25) is 0 Å². The molecule has 0 aromatic heterocycles. The van der Waals surface area contributed by atoms with E-state index in [4.69, 9.17) is 0 Å². The smallest absolute Gasteiger partial charge is 0.00262 e. The summed E-state index contributed by atoms with van der Waals surface area (Å²) in [6.45, 7) is 8.87. The highest BCUT2D eigenvalue weighted by molar-refractivity contribution is 6.21. The van der Waals surface area contributed by atoms with Crippen LogP contribution in [0.25, 0.3) is 43.8 Å². The molecule has 0 heterocycles. The lowest BCUT2D eigenvalue weighted by atomic mass is 9.83. The van der Waals surface area contributed by atoms with Crippen molar-refractivity contribution in [2.75, 3.05) is 0 Å². The Morgan fingerprint density at radius 1 is 0.367 bits per heavy atom. The highest BCUT2D eigenvalue weighted by Gasteiger charge is 2.18. The number of hydrogen-bond acceptors (Lipinski definition) is 0. The van der Waals surface area contributed by atoms with Crippen molar-refractivity contribution in [1.82, 2.24) is 0 Å². The van der Waals surface area contributed by atoms with Crippen molar-refractivity contribution in [3.05, 3.63) is 107 Å². The molecular formula is C30H26. The SMILES string of the molecule is Cc1cc2c(-c3ccccc3)c3cc(C)c(C)cc3c(-c3ccccc3)c2cc1C. The van der Waals surface area contributed by atoms with Gasteiger partial charge in [-0.2, -0.15) is 0 Å². The molecule has 0 spiro atoms. The molecule has 146 valence electrons. The molecule has 0 radical (unpaired) electrons. The van der Waals surface area contributed by atoms with E-state index >= 15 is 0 Å². The summed E-state index contributed by atoms with van der Waals surface area (Å²) in [6, 6.07) is 31.2. The van der Waals surface area contributed by atoms with Crippen LogP contribution in [0.3, 0.4) is 0 Å². The average Bonchev–Trinajstić information content (AvgIpc) is 2.76. The minimum atomic E-state index is 1.28. The molecule has 0 nitrogen and oxygen atoms in total.